The molecule has 0 amide bonds. The Balaban J connectivity index is 1.90. The van der Waals surface area contributed by atoms with Gasteiger partial charge in [-0.2, -0.15) is 0 Å². The van der Waals surface area contributed by atoms with E-state index in [0.29, 0.717) is 12.5 Å². The Morgan fingerprint density at radius 3 is 2.67 bits per heavy atom. The van der Waals surface area contributed by atoms with Gasteiger partial charge in [-0.1, -0.05) is 44.5 Å². The maximum Gasteiger partial charge on any atom is 0.0916 e. The zero-order valence-electron chi connectivity index (χ0n) is 13.6. The third-order valence-corrected chi connectivity index (χ3v) is 4.61. The molecule has 1 aliphatic heterocycles. The number of aryl methyl sites for hydroxylation is 1. The van der Waals surface area contributed by atoms with Crippen molar-refractivity contribution in [2.45, 2.75) is 45.3 Å². The maximum absolute atomic E-state index is 10.4. The minimum Gasteiger partial charge on any atom is -0.387 e. The highest BCUT2D eigenvalue weighted by molar-refractivity contribution is 5.24. The second kappa shape index (κ2) is 7.92. The van der Waals surface area contributed by atoms with Crippen molar-refractivity contribution in [2.75, 3.05) is 26.7 Å². The molecule has 0 saturated carbocycles. The summed E-state index contributed by atoms with van der Waals surface area (Å²) in [7, 11) is 1.79. The Hall–Kier alpha value is -0.900. The first-order chi connectivity index (χ1) is 10.1. The van der Waals surface area contributed by atoms with Crippen LogP contribution in [0, 0.1) is 5.92 Å². The number of ether oxygens (including phenoxy) is 1. The average Bonchev–Trinajstić information content (AvgIpc) is 2.50. The van der Waals surface area contributed by atoms with Gasteiger partial charge in [-0.05, 0) is 36.4 Å². The van der Waals surface area contributed by atoms with Crippen LogP contribution < -0.4 is 0 Å². The lowest BCUT2D eigenvalue weighted by Crippen LogP contribution is -2.45. The molecule has 0 bridgehead atoms. The third-order valence-electron chi connectivity index (χ3n) is 4.61. The highest BCUT2D eigenvalue weighted by Gasteiger charge is 2.27. The van der Waals surface area contributed by atoms with E-state index in [1.165, 1.54) is 5.56 Å². The molecule has 1 heterocycles. The molecule has 1 aliphatic rings. The molecule has 0 radical (unpaired) electrons. The number of β-amino-alcohol motifs (C(OH)–C–C–N with tert-alkyl or cyclic N) is 1. The summed E-state index contributed by atoms with van der Waals surface area (Å²) < 4.78 is 5.54. The van der Waals surface area contributed by atoms with Crippen LogP contribution in [0.2, 0.25) is 0 Å². The first-order valence-electron chi connectivity index (χ1n) is 8.16. The lowest BCUT2D eigenvalue weighted by atomic mass is 9.95. The second-order valence-electron chi connectivity index (χ2n) is 6.31. The maximum atomic E-state index is 10.4. The normalized spacial score (nSPS) is 25.0. The fourth-order valence-corrected chi connectivity index (χ4v) is 3.12. The van der Waals surface area contributed by atoms with Gasteiger partial charge in [0.05, 0.1) is 12.2 Å². The first kappa shape index (κ1) is 16.5. The summed E-state index contributed by atoms with van der Waals surface area (Å²) in [6, 6.07) is 8.41. The number of likely N-dealkylation sites (tertiary alicyclic amines) is 1. The average molecular weight is 291 g/mol. The Morgan fingerprint density at radius 2 is 2.05 bits per heavy atom. The Bertz CT molecular complexity index is 418. The number of nitrogens with zero attached hydrogens (tertiary/aromatic N) is 1. The van der Waals surface area contributed by atoms with Crippen molar-refractivity contribution in [3.63, 3.8) is 0 Å². The third kappa shape index (κ3) is 4.53. The molecule has 1 aromatic rings. The van der Waals surface area contributed by atoms with E-state index in [-0.39, 0.29) is 6.10 Å². The summed E-state index contributed by atoms with van der Waals surface area (Å²) in [6.45, 7) is 7.09. The molecule has 1 aromatic carbocycles. The predicted molar refractivity (Wildman–Crippen MR) is 86.4 cm³/mol. The van der Waals surface area contributed by atoms with Gasteiger partial charge in [-0.25, -0.2) is 0 Å². The molecule has 0 spiro atoms. The van der Waals surface area contributed by atoms with Crippen molar-refractivity contribution in [3.05, 3.63) is 35.4 Å². The van der Waals surface area contributed by atoms with Crippen LogP contribution in [0.15, 0.2) is 24.3 Å². The standard InChI is InChI=1S/C18H29NO2/c1-4-5-15-6-8-16(9-7-15)17(20)12-19-11-10-14(2)18(13-19)21-3/h6-9,14,17-18,20H,4-5,10-13H2,1-3H3. The van der Waals surface area contributed by atoms with Crippen molar-refractivity contribution >= 4 is 0 Å². The molecule has 2 rings (SSSR count). The van der Waals surface area contributed by atoms with E-state index in [1.807, 2.05) is 0 Å². The van der Waals surface area contributed by atoms with E-state index < -0.39 is 6.10 Å². The fourth-order valence-electron chi connectivity index (χ4n) is 3.12. The lowest BCUT2D eigenvalue weighted by molar-refractivity contribution is -0.0180. The zero-order valence-corrected chi connectivity index (χ0v) is 13.6. The van der Waals surface area contributed by atoms with Gasteiger partial charge in [0.15, 0.2) is 0 Å². The van der Waals surface area contributed by atoms with Crippen LogP contribution in [-0.2, 0) is 11.2 Å². The van der Waals surface area contributed by atoms with Crippen molar-refractivity contribution < 1.29 is 9.84 Å². The minimum absolute atomic E-state index is 0.290. The summed E-state index contributed by atoms with van der Waals surface area (Å²) >= 11 is 0. The quantitative estimate of drug-likeness (QED) is 0.874. The molecule has 3 atom stereocenters. The monoisotopic (exact) mass is 291 g/mol. The molecule has 0 aliphatic carbocycles. The SMILES string of the molecule is CCCc1ccc(C(O)CN2CCC(C)C(OC)C2)cc1. The largest absolute Gasteiger partial charge is 0.387 e. The minimum atomic E-state index is -0.411. The number of hydrogen-bond acceptors (Lipinski definition) is 3. The lowest BCUT2D eigenvalue weighted by Gasteiger charge is -2.37. The van der Waals surface area contributed by atoms with Crippen LogP contribution in [0.4, 0.5) is 0 Å². The number of aliphatic hydroxyl groups excluding tert-OH is 1. The molecular formula is C18H29NO2. The van der Waals surface area contributed by atoms with Crippen molar-refractivity contribution in [3.8, 4) is 0 Å². The van der Waals surface area contributed by atoms with Gasteiger partial charge >= 0.3 is 0 Å². The summed E-state index contributed by atoms with van der Waals surface area (Å²) in [6.07, 6.45) is 3.28. The summed E-state index contributed by atoms with van der Waals surface area (Å²) in [5.74, 6) is 0.608. The first-order valence-corrected chi connectivity index (χ1v) is 8.16. The highest BCUT2D eigenvalue weighted by Crippen LogP contribution is 2.22. The van der Waals surface area contributed by atoms with Crippen molar-refractivity contribution in [1.82, 2.24) is 4.90 Å². The van der Waals surface area contributed by atoms with Gasteiger partial charge in [0.1, 0.15) is 0 Å². The van der Waals surface area contributed by atoms with Gasteiger partial charge in [-0.3, -0.25) is 4.90 Å². The number of benzene rings is 1. The van der Waals surface area contributed by atoms with Gasteiger partial charge in [0.25, 0.3) is 0 Å². The number of methoxy groups -OCH3 is 1. The van der Waals surface area contributed by atoms with Crippen LogP contribution in [-0.4, -0.2) is 42.9 Å². The number of rotatable bonds is 6. The molecule has 3 nitrogen and oxygen atoms in total. The molecule has 1 saturated heterocycles. The smallest absolute Gasteiger partial charge is 0.0916 e. The second-order valence-corrected chi connectivity index (χ2v) is 6.31. The van der Waals surface area contributed by atoms with Gasteiger partial charge < -0.3 is 9.84 Å². The van der Waals surface area contributed by atoms with E-state index in [2.05, 4.69) is 43.0 Å². The van der Waals surface area contributed by atoms with Gasteiger partial charge in [-0.15, -0.1) is 0 Å². The predicted octanol–water partition coefficient (Wildman–Crippen LogP) is 3.03. The van der Waals surface area contributed by atoms with Crippen LogP contribution in [0.3, 0.4) is 0 Å². The van der Waals surface area contributed by atoms with Crippen molar-refractivity contribution in [1.29, 1.82) is 0 Å². The van der Waals surface area contributed by atoms with Crippen LogP contribution in [0.5, 0.6) is 0 Å². The van der Waals surface area contributed by atoms with E-state index in [0.717, 1.165) is 37.9 Å². The molecule has 21 heavy (non-hydrogen) atoms. The van der Waals surface area contributed by atoms with E-state index >= 15 is 0 Å². The topological polar surface area (TPSA) is 32.7 Å². The molecule has 1 N–H and O–H groups in total. The van der Waals surface area contributed by atoms with Crippen LogP contribution in [0.25, 0.3) is 0 Å². The molecule has 0 aromatic heterocycles. The van der Waals surface area contributed by atoms with E-state index in [9.17, 15) is 5.11 Å². The van der Waals surface area contributed by atoms with E-state index in [4.69, 9.17) is 4.74 Å². The van der Waals surface area contributed by atoms with Gasteiger partial charge in [0, 0.05) is 20.2 Å². The van der Waals surface area contributed by atoms with E-state index in [1.54, 1.807) is 7.11 Å². The van der Waals surface area contributed by atoms with Crippen LogP contribution in [0.1, 0.15) is 43.9 Å². The molecule has 118 valence electrons. The summed E-state index contributed by atoms with van der Waals surface area (Å²) in [5, 5.41) is 10.4. The van der Waals surface area contributed by atoms with Crippen LogP contribution >= 0.6 is 0 Å². The highest BCUT2D eigenvalue weighted by atomic mass is 16.5. The number of hydrogen-bond donors (Lipinski definition) is 1. The molecule has 1 fully saturated rings. The molecular weight excluding hydrogens is 262 g/mol. The Morgan fingerprint density at radius 1 is 1.33 bits per heavy atom. The molecule has 3 unspecified atom stereocenters. The van der Waals surface area contributed by atoms with Gasteiger partial charge in [0.2, 0.25) is 0 Å². The Kier molecular flexibility index (Phi) is 6.22. The summed E-state index contributed by atoms with van der Waals surface area (Å²) in [5.41, 5.74) is 2.36. The Labute approximate surface area is 128 Å². The zero-order chi connectivity index (χ0) is 15.2. The molecule has 3 heteroatoms. The number of piperidine rings is 1. The summed E-state index contributed by atoms with van der Waals surface area (Å²) in [4.78, 5) is 2.32. The number of aliphatic hydroxyl groups is 1. The van der Waals surface area contributed by atoms with Crippen molar-refractivity contribution in [2.24, 2.45) is 5.92 Å². The fraction of sp³-hybridized carbons (Fsp3) is 0.667.